The van der Waals surface area contributed by atoms with E-state index in [1.54, 1.807) is 31.2 Å². The van der Waals surface area contributed by atoms with Crippen molar-refractivity contribution < 1.29 is 17.6 Å². The van der Waals surface area contributed by atoms with Crippen LogP contribution in [-0.4, -0.2) is 16.8 Å². The van der Waals surface area contributed by atoms with Gasteiger partial charge in [0.2, 0.25) is 0 Å². The van der Waals surface area contributed by atoms with E-state index in [4.69, 9.17) is 0 Å². The van der Waals surface area contributed by atoms with Gasteiger partial charge in [0, 0.05) is 18.8 Å². The maximum Gasteiger partial charge on any atom is 0.419 e. The first-order valence-corrected chi connectivity index (χ1v) is 5.85. The van der Waals surface area contributed by atoms with Crippen LogP contribution in [0.2, 0.25) is 0 Å². The van der Waals surface area contributed by atoms with Crippen LogP contribution in [0.4, 0.5) is 17.6 Å². The van der Waals surface area contributed by atoms with Crippen molar-refractivity contribution in [2.75, 3.05) is 7.05 Å². The second-order valence-corrected chi connectivity index (χ2v) is 4.41. The highest BCUT2D eigenvalue weighted by Gasteiger charge is 2.34. The number of aryl methyl sites for hydroxylation is 1. The highest BCUT2D eigenvalue weighted by atomic mass is 19.4. The quantitative estimate of drug-likeness (QED) is 0.880. The Kier molecular flexibility index (Phi) is 3.80. The lowest BCUT2D eigenvalue weighted by molar-refractivity contribution is -0.140. The number of hydrogen-bond donors (Lipinski definition) is 1. The Morgan fingerprint density at radius 3 is 2.45 bits per heavy atom. The zero-order valence-corrected chi connectivity index (χ0v) is 10.9. The average Bonchev–Trinajstić information content (AvgIpc) is 2.77. The molecule has 1 aromatic heterocycles. The lowest BCUT2D eigenvalue weighted by Crippen LogP contribution is -2.18. The van der Waals surface area contributed by atoms with Gasteiger partial charge in [0.25, 0.3) is 0 Å². The zero-order valence-electron chi connectivity index (χ0n) is 10.9. The first-order valence-electron chi connectivity index (χ1n) is 5.85. The molecule has 1 atom stereocenters. The first kappa shape index (κ1) is 14.5. The molecule has 108 valence electrons. The van der Waals surface area contributed by atoms with Crippen LogP contribution in [0.15, 0.2) is 30.6 Å². The molecular formula is C13H13F4N3. The molecule has 20 heavy (non-hydrogen) atoms. The third-order valence-electron chi connectivity index (χ3n) is 2.98. The number of nitrogens with zero attached hydrogens (tertiary/aromatic N) is 2. The normalized spacial score (nSPS) is 13.5. The van der Waals surface area contributed by atoms with E-state index in [2.05, 4.69) is 10.4 Å². The van der Waals surface area contributed by atoms with Crippen molar-refractivity contribution >= 4 is 0 Å². The molecule has 0 bridgehead atoms. The van der Waals surface area contributed by atoms with E-state index in [9.17, 15) is 17.6 Å². The number of halogens is 4. The van der Waals surface area contributed by atoms with Crippen molar-refractivity contribution in [1.82, 2.24) is 15.1 Å². The van der Waals surface area contributed by atoms with Gasteiger partial charge in [-0.1, -0.05) is 6.07 Å². The van der Waals surface area contributed by atoms with Crippen LogP contribution in [0.5, 0.6) is 0 Å². The van der Waals surface area contributed by atoms with E-state index >= 15 is 0 Å². The first-order chi connectivity index (χ1) is 9.32. The van der Waals surface area contributed by atoms with E-state index in [-0.39, 0.29) is 0 Å². The van der Waals surface area contributed by atoms with Gasteiger partial charge < -0.3 is 5.32 Å². The molecule has 0 saturated heterocycles. The predicted molar refractivity (Wildman–Crippen MR) is 65.5 cm³/mol. The molecule has 1 aromatic carbocycles. The number of alkyl halides is 3. The summed E-state index contributed by atoms with van der Waals surface area (Å²) >= 11 is 0. The summed E-state index contributed by atoms with van der Waals surface area (Å²) in [6.45, 7) is 0. The molecule has 0 radical (unpaired) electrons. The fraction of sp³-hybridized carbons (Fsp3) is 0.308. The van der Waals surface area contributed by atoms with Crippen molar-refractivity contribution in [3.8, 4) is 0 Å². The Bertz CT molecular complexity index is 604. The molecule has 2 rings (SSSR count). The minimum absolute atomic E-state index is 0.328. The summed E-state index contributed by atoms with van der Waals surface area (Å²) in [5.41, 5.74) is -0.233. The van der Waals surface area contributed by atoms with Crippen LogP contribution >= 0.6 is 0 Å². The maximum atomic E-state index is 13.3. The zero-order chi connectivity index (χ0) is 14.9. The standard InChI is InChI=1S/C13H13F4N3/c1-18-12(9-6-19-20(2)7-9)8-3-4-11(14)10(5-8)13(15,16)17/h3-7,12,18H,1-2H3. The van der Waals surface area contributed by atoms with E-state index in [1.165, 1.54) is 6.07 Å². The predicted octanol–water partition coefficient (Wildman–Crippen LogP) is 2.89. The third-order valence-corrected chi connectivity index (χ3v) is 2.98. The smallest absolute Gasteiger partial charge is 0.309 e. The average molecular weight is 287 g/mol. The van der Waals surface area contributed by atoms with Crippen LogP contribution in [0.25, 0.3) is 0 Å². The van der Waals surface area contributed by atoms with E-state index in [1.807, 2.05) is 0 Å². The summed E-state index contributed by atoms with van der Waals surface area (Å²) in [4.78, 5) is 0. The van der Waals surface area contributed by atoms with Gasteiger partial charge in [0.1, 0.15) is 5.82 Å². The van der Waals surface area contributed by atoms with E-state index in [0.717, 1.165) is 12.1 Å². The highest BCUT2D eigenvalue weighted by molar-refractivity contribution is 5.34. The molecule has 0 spiro atoms. The number of nitrogens with one attached hydrogen (secondary N) is 1. The number of hydrogen-bond acceptors (Lipinski definition) is 2. The maximum absolute atomic E-state index is 13.3. The SMILES string of the molecule is CNC(c1ccc(F)c(C(F)(F)F)c1)c1cnn(C)c1. The van der Waals surface area contributed by atoms with Gasteiger partial charge >= 0.3 is 6.18 Å². The van der Waals surface area contributed by atoms with Crippen molar-refractivity contribution in [2.24, 2.45) is 7.05 Å². The lowest BCUT2D eigenvalue weighted by atomic mass is 9.99. The number of aromatic nitrogens is 2. The molecule has 0 saturated carbocycles. The van der Waals surface area contributed by atoms with E-state index < -0.39 is 23.6 Å². The van der Waals surface area contributed by atoms with Gasteiger partial charge in [-0.2, -0.15) is 18.3 Å². The Morgan fingerprint density at radius 1 is 1.25 bits per heavy atom. The second kappa shape index (κ2) is 5.24. The summed E-state index contributed by atoms with van der Waals surface area (Å²) in [5.74, 6) is -1.28. The number of rotatable bonds is 3. The summed E-state index contributed by atoms with van der Waals surface area (Å²) in [6, 6.07) is 2.51. The van der Waals surface area contributed by atoms with Gasteiger partial charge in [-0.25, -0.2) is 4.39 Å². The van der Waals surface area contributed by atoms with Crippen LogP contribution in [0.3, 0.4) is 0 Å². The van der Waals surface area contributed by atoms with Gasteiger partial charge in [-0.3, -0.25) is 4.68 Å². The van der Waals surface area contributed by atoms with Crippen molar-refractivity contribution in [3.05, 3.63) is 53.1 Å². The molecule has 3 nitrogen and oxygen atoms in total. The molecule has 1 unspecified atom stereocenters. The van der Waals surface area contributed by atoms with E-state index in [0.29, 0.717) is 11.1 Å². The molecule has 0 aliphatic heterocycles. The highest BCUT2D eigenvalue weighted by Crippen LogP contribution is 2.34. The fourth-order valence-electron chi connectivity index (χ4n) is 2.05. The molecule has 0 aliphatic carbocycles. The van der Waals surface area contributed by atoms with Crippen LogP contribution in [0.1, 0.15) is 22.7 Å². The summed E-state index contributed by atoms with van der Waals surface area (Å²) in [5, 5.41) is 6.88. The van der Waals surface area contributed by atoms with Gasteiger partial charge in [0.05, 0.1) is 17.8 Å². The minimum Gasteiger partial charge on any atom is -0.309 e. The Labute approximate surface area is 113 Å². The van der Waals surface area contributed by atoms with Gasteiger partial charge in [-0.15, -0.1) is 0 Å². The van der Waals surface area contributed by atoms with Crippen molar-refractivity contribution in [1.29, 1.82) is 0 Å². The minimum atomic E-state index is -4.71. The van der Waals surface area contributed by atoms with Crippen LogP contribution in [0, 0.1) is 5.82 Å². The second-order valence-electron chi connectivity index (χ2n) is 4.41. The largest absolute Gasteiger partial charge is 0.419 e. The number of benzene rings is 1. The third kappa shape index (κ3) is 2.82. The topological polar surface area (TPSA) is 29.9 Å². The van der Waals surface area contributed by atoms with Gasteiger partial charge in [-0.05, 0) is 24.7 Å². The Morgan fingerprint density at radius 2 is 1.95 bits per heavy atom. The molecule has 0 aliphatic rings. The van der Waals surface area contributed by atoms with Crippen LogP contribution < -0.4 is 5.32 Å². The van der Waals surface area contributed by atoms with Gasteiger partial charge in [0.15, 0.2) is 0 Å². The monoisotopic (exact) mass is 287 g/mol. The lowest BCUT2D eigenvalue weighted by Gasteiger charge is -2.17. The summed E-state index contributed by atoms with van der Waals surface area (Å²) in [6.07, 6.45) is -1.47. The van der Waals surface area contributed by atoms with Crippen molar-refractivity contribution in [3.63, 3.8) is 0 Å². The fourth-order valence-corrected chi connectivity index (χ4v) is 2.05. The van der Waals surface area contributed by atoms with Crippen LogP contribution in [-0.2, 0) is 13.2 Å². The molecule has 0 amide bonds. The molecule has 2 aromatic rings. The molecule has 1 N–H and O–H groups in total. The molecule has 0 fully saturated rings. The summed E-state index contributed by atoms with van der Waals surface area (Å²) in [7, 11) is 3.33. The summed E-state index contributed by atoms with van der Waals surface area (Å²) < 4.78 is 53.0. The van der Waals surface area contributed by atoms with Crippen molar-refractivity contribution in [2.45, 2.75) is 12.2 Å². The molecule has 1 heterocycles. The Hall–Kier alpha value is -1.89. The Balaban J connectivity index is 2.46. The molecular weight excluding hydrogens is 274 g/mol. The molecule has 7 heteroatoms.